The third-order valence-corrected chi connectivity index (χ3v) is 0.749. The summed E-state index contributed by atoms with van der Waals surface area (Å²) in [5.74, 6) is 0. The van der Waals surface area contributed by atoms with E-state index in [0.29, 0.717) is 0 Å². The van der Waals surface area contributed by atoms with Crippen LogP contribution < -0.4 is 0 Å². The lowest BCUT2D eigenvalue weighted by atomic mass is 10.8. The van der Waals surface area contributed by atoms with Gasteiger partial charge in [-0.2, -0.15) is 0 Å². The van der Waals surface area contributed by atoms with E-state index in [9.17, 15) is 0 Å². The summed E-state index contributed by atoms with van der Waals surface area (Å²) in [7, 11) is 0. The second-order valence-corrected chi connectivity index (χ2v) is 1.04. The first kappa shape index (κ1) is 5.65. The molecule has 1 N–H and O–H groups in total. The van der Waals surface area contributed by atoms with Crippen molar-refractivity contribution in [2.45, 2.75) is 6.92 Å². The summed E-state index contributed by atoms with van der Waals surface area (Å²) in [5, 5.41) is 8.05. The SMILES string of the molecule is C[C](O)OI. The molecule has 0 aromatic rings. The second-order valence-electron chi connectivity index (χ2n) is 0.596. The average Bonchev–Trinajstić information content (AvgIpc) is 1.38. The highest BCUT2D eigenvalue weighted by Gasteiger charge is 1.86. The van der Waals surface area contributed by atoms with Crippen LogP contribution in [-0.4, -0.2) is 5.11 Å². The zero-order valence-electron chi connectivity index (χ0n) is 2.73. The highest BCUT2D eigenvalue weighted by atomic mass is 127. The van der Waals surface area contributed by atoms with Crippen LogP contribution >= 0.6 is 23.0 Å². The van der Waals surface area contributed by atoms with Gasteiger partial charge >= 0.3 is 0 Å². The van der Waals surface area contributed by atoms with Gasteiger partial charge < -0.3 is 5.11 Å². The Labute approximate surface area is 44.8 Å². The van der Waals surface area contributed by atoms with E-state index in [1.54, 1.807) is 23.0 Å². The molecule has 31 valence electrons. The minimum Gasteiger partial charge on any atom is -0.361 e. The Hall–Kier alpha value is 0.650. The highest BCUT2D eigenvalue weighted by Crippen LogP contribution is 1.97. The fraction of sp³-hybridized carbons (Fsp3) is 0.500. The van der Waals surface area contributed by atoms with E-state index >= 15 is 0 Å². The van der Waals surface area contributed by atoms with Gasteiger partial charge in [-0.1, -0.05) is 0 Å². The summed E-state index contributed by atoms with van der Waals surface area (Å²) in [5.41, 5.74) is 0. The molecule has 0 aromatic heterocycles. The third-order valence-electron chi connectivity index (χ3n) is 0.112. The lowest BCUT2D eigenvalue weighted by Crippen LogP contribution is -1.81. The van der Waals surface area contributed by atoms with Gasteiger partial charge in [0, 0.05) is 0 Å². The predicted octanol–water partition coefficient (Wildman–Crippen LogP) is 1.23. The van der Waals surface area contributed by atoms with Crippen LogP contribution in [0.1, 0.15) is 6.92 Å². The number of aliphatic hydroxyl groups is 1. The molecule has 3 heteroatoms. The average molecular weight is 187 g/mol. The molecule has 0 amide bonds. The molecule has 0 heterocycles. The molecule has 5 heavy (non-hydrogen) atoms. The molecule has 0 fully saturated rings. The summed E-state index contributed by atoms with van der Waals surface area (Å²) in [4.78, 5) is 0. The lowest BCUT2D eigenvalue weighted by molar-refractivity contribution is 0.156. The Morgan fingerprint density at radius 1 is 2.00 bits per heavy atom. The molecular weight excluding hydrogens is 183 g/mol. The van der Waals surface area contributed by atoms with E-state index in [1.165, 1.54) is 6.92 Å². The van der Waals surface area contributed by atoms with Gasteiger partial charge in [-0.3, -0.25) is 3.07 Å². The zero-order chi connectivity index (χ0) is 4.28. The number of rotatable bonds is 1. The van der Waals surface area contributed by atoms with Gasteiger partial charge in [0.15, 0.2) is 0 Å². The van der Waals surface area contributed by atoms with E-state index in [-0.39, 0.29) is 6.29 Å². The summed E-state index contributed by atoms with van der Waals surface area (Å²) in [6.45, 7) is 1.46. The summed E-state index contributed by atoms with van der Waals surface area (Å²) < 4.78 is 4.19. The van der Waals surface area contributed by atoms with E-state index in [4.69, 9.17) is 5.11 Å². The molecule has 0 aliphatic heterocycles. The number of aliphatic hydroxyl groups excluding tert-OH is 1. The Balaban J connectivity index is 2.54. The van der Waals surface area contributed by atoms with Crippen LogP contribution in [0.25, 0.3) is 0 Å². The molecular formula is C2H4IO2. The first-order valence-electron chi connectivity index (χ1n) is 1.08. The standard InChI is InChI=1S/C2H4IO2/c1-2(4)5-3/h4H,1H3. The minimum absolute atomic E-state index is 0.00870. The Bertz CT molecular complexity index is 21.6. The maximum absolute atomic E-state index is 8.05. The molecule has 0 saturated carbocycles. The van der Waals surface area contributed by atoms with Crippen LogP contribution in [0.2, 0.25) is 0 Å². The van der Waals surface area contributed by atoms with Crippen molar-refractivity contribution in [3.8, 4) is 0 Å². The van der Waals surface area contributed by atoms with Gasteiger partial charge in [-0.15, -0.1) is 0 Å². The van der Waals surface area contributed by atoms with Gasteiger partial charge in [-0.25, -0.2) is 0 Å². The van der Waals surface area contributed by atoms with Crippen molar-refractivity contribution in [2.75, 3.05) is 0 Å². The first-order valence-corrected chi connectivity index (χ1v) is 1.96. The van der Waals surface area contributed by atoms with Crippen molar-refractivity contribution in [3.05, 3.63) is 6.29 Å². The second kappa shape index (κ2) is 2.87. The molecule has 0 aromatic carbocycles. The van der Waals surface area contributed by atoms with E-state index in [1.807, 2.05) is 0 Å². The number of hydrogen-bond donors (Lipinski definition) is 1. The molecule has 0 atom stereocenters. The monoisotopic (exact) mass is 187 g/mol. The third kappa shape index (κ3) is 4.65. The smallest absolute Gasteiger partial charge is 0.228 e. The van der Waals surface area contributed by atoms with Crippen LogP contribution in [-0.2, 0) is 3.07 Å². The van der Waals surface area contributed by atoms with Gasteiger partial charge in [0.2, 0.25) is 6.29 Å². The Morgan fingerprint density at radius 3 is 2.20 bits per heavy atom. The molecule has 0 aliphatic carbocycles. The largest absolute Gasteiger partial charge is 0.361 e. The molecule has 0 rings (SSSR count). The van der Waals surface area contributed by atoms with E-state index in [0.717, 1.165) is 0 Å². The molecule has 0 bridgehead atoms. The summed E-state index contributed by atoms with van der Waals surface area (Å²) >= 11 is 1.59. The van der Waals surface area contributed by atoms with Gasteiger partial charge in [-0.05, 0) is 6.92 Å². The minimum atomic E-state index is -0.00870. The molecule has 1 radical (unpaired) electrons. The van der Waals surface area contributed by atoms with Crippen LogP contribution in [0.3, 0.4) is 0 Å². The quantitative estimate of drug-likeness (QED) is 0.625. The van der Waals surface area contributed by atoms with Crippen molar-refractivity contribution in [1.82, 2.24) is 0 Å². The molecule has 0 saturated heterocycles. The molecule has 2 nitrogen and oxygen atoms in total. The van der Waals surface area contributed by atoms with Gasteiger partial charge in [0.05, 0.1) is 0 Å². The van der Waals surface area contributed by atoms with Crippen molar-refractivity contribution < 1.29 is 8.17 Å². The Morgan fingerprint density at radius 2 is 2.20 bits per heavy atom. The number of halogens is 1. The fourth-order valence-corrected chi connectivity index (χ4v) is 0. The number of hydrogen-bond acceptors (Lipinski definition) is 2. The molecule has 0 spiro atoms. The van der Waals surface area contributed by atoms with Crippen molar-refractivity contribution in [3.63, 3.8) is 0 Å². The van der Waals surface area contributed by atoms with E-state index in [2.05, 4.69) is 3.07 Å². The van der Waals surface area contributed by atoms with Crippen molar-refractivity contribution in [1.29, 1.82) is 0 Å². The topological polar surface area (TPSA) is 29.5 Å². The normalized spacial score (nSPS) is 9.60. The van der Waals surface area contributed by atoms with E-state index < -0.39 is 0 Å². The van der Waals surface area contributed by atoms with Crippen molar-refractivity contribution in [2.24, 2.45) is 0 Å². The van der Waals surface area contributed by atoms with Crippen LogP contribution in [0.15, 0.2) is 0 Å². The first-order chi connectivity index (χ1) is 2.27. The fourth-order valence-electron chi connectivity index (χ4n) is 0. The van der Waals surface area contributed by atoms with Crippen LogP contribution in [0.4, 0.5) is 0 Å². The highest BCUT2D eigenvalue weighted by molar-refractivity contribution is 14.1. The molecule has 0 aliphatic rings. The maximum atomic E-state index is 8.05. The summed E-state index contributed by atoms with van der Waals surface area (Å²) in [6, 6.07) is 0. The predicted molar refractivity (Wildman–Crippen MR) is 26.0 cm³/mol. The zero-order valence-corrected chi connectivity index (χ0v) is 4.89. The van der Waals surface area contributed by atoms with Crippen LogP contribution in [0.5, 0.6) is 0 Å². The Kier molecular flexibility index (Phi) is 3.24. The maximum Gasteiger partial charge on any atom is 0.228 e. The van der Waals surface area contributed by atoms with Gasteiger partial charge in [0.25, 0.3) is 0 Å². The van der Waals surface area contributed by atoms with Crippen LogP contribution in [0, 0.1) is 6.29 Å². The molecule has 0 unspecified atom stereocenters. The van der Waals surface area contributed by atoms with Gasteiger partial charge in [0.1, 0.15) is 23.0 Å². The summed E-state index contributed by atoms with van der Waals surface area (Å²) in [6.07, 6.45) is -0.00870. The lowest BCUT2D eigenvalue weighted by Gasteiger charge is -1.88. The van der Waals surface area contributed by atoms with Crippen molar-refractivity contribution >= 4 is 23.0 Å².